The van der Waals surface area contributed by atoms with Gasteiger partial charge < -0.3 is 15.2 Å². The highest BCUT2D eigenvalue weighted by atomic mass is 16.5. The van der Waals surface area contributed by atoms with Gasteiger partial charge in [0.15, 0.2) is 0 Å². The summed E-state index contributed by atoms with van der Waals surface area (Å²) < 4.78 is 5.02. The van der Waals surface area contributed by atoms with Crippen LogP contribution in [0.15, 0.2) is 18.2 Å². The van der Waals surface area contributed by atoms with Crippen molar-refractivity contribution in [1.29, 1.82) is 5.26 Å². The van der Waals surface area contributed by atoms with Crippen LogP contribution in [0.4, 0.5) is 0 Å². The Hall–Kier alpha value is -2.06. The van der Waals surface area contributed by atoms with Crippen molar-refractivity contribution in [2.45, 2.75) is 19.5 Å². The molecule has 1 rings (SSSR count). The van der Waals surface area contributed by atoms with Gasteiger partial charge in [0.1, 0.15) is 17.9 Å². The van der Waals surface area contributed by atoms with Gasteiger partial charge in [-0.2, -0.15) is 5.26 Å². The zero-order chi connectivity index (χ0) is 12.8. The van der Waals surface area contributed by atoms with Gasteiger partial charge in [0, 0.05) is 6.54 Å². The summed E-state index contributed by atoms with van der Waals surface area (Å²) in [6, 6.07) is 6.57. The molecule has 0 unspecified atom stereocenters. The third-order valence-electron chi connectivity index (χ3n) is 2.37. The van der Waals surface area contributed by atoms with E-state index < -0.39 is 12.0 Å². The number of carbonyl (C=O) groups is 1. The lowest BCUT2D eigenvalue weighted by Gasteiger charge is -2.10. The maximum Gasteiger partial charge on any atom is 0.320 e. The lowest BCUT2D eigenvalue weighted by Crippen LogP contribution is -2.33. The third kappa shape index (κ3) is 3.47. The summed E-state index contributed by atoms with van der Waals surface area (Å²) in [5.41, 5.74) is 1.28. The van der Waals surface area contributed by atoms with Crippen molar-refractivity contribution in [3.05, 3.63) is 29.3 Å². The summed E-state index contributed by atoms with van der Waals surface area (Å²) in [6.07, 6.45) is 0. The normalized spacial score (nSPS) is 11.6. The lowest BCUT2D eigenvalue weighted by atomic mass is 10.1. The average Bonchev–Trinajstić information content (AvgIpc) is 2.35. The van der Waals surface area contributed by atoms with E-state index in [0.29, 0.717) is 17.9 Å². The smallest absolute Gasteiger partial charge is 0.320 e. The van der Waals surface area contributed by atoms with Crippen LogP contribution in [0.2, 0.25) is 0 Å². The molecule has 0 spiro atoms. The van der Waals surface area contributed by atoms with Gasteiger partial charge in [-0.15, -0.1) is 0 Å². The fourth-order valence-electron chi connectivity index (χ4n) is 1.31. The molecule has 0 heterocycles. The van der Waals surface area contributed by atoms with Crippen LogP contribution in [0.3, 0.4) is 0 Å². The fraction of sp³-hybridized carbons (Fsp3) is 0.333. The van der Waals surface area contributed by atoms with Crippen LogP contribution in [0.1, 0.15) is 18.1 Å². The van der Waals surface area contributed by atoms with Crippen molar-refractivity contribution in [3.8, 4) is 11.8 Å². The Balaban J connectivity index is 2.74. The molecule has 0 amide bonds. The van der Waals surface area contributed by atoms with Crippen molar-refractivity contribution in [3.63, 3.8) is 0 Å². The summed E-state index contributed by atoms with van der Waals surface area (Å²) in [5, 5.41) is 20.4. The van der Waals surface area contributed by atoms with Crippen LogP contribution in [-0.4, -0.2) is 24.2 Å². The van der Waals surface area contributed by atoms with E-state index in [4.69, 9.17) is 15.1 Å². The summed E-state index contributed by atoms with van der Waals surface area (Å²) in [4.78, 5) is 10.6. The van der Waals surface area contributed by atoms with Gasteiger partial charge in [-0.1, -0.05) is 6.07 Å². The number of aliphatic carboxylic acids is 1. The Labute approximate surface area is 99.6 Å². The average molecular weight is 234 g/mol. The minimum atomic E-state index is -0.904. The van der Waals surface area contributed by atoms with E-state index in [9.17, 15) is 4.79 Å². The topological polar surface area (TPSA) is 82.3 Å². The molecule has 2 N–H and O–H groups in total. The minimum absolute atomic E-state index is 0.395. The molecular weight excluding hydrogens is 220 g/mol. The molecule has 1 atom stereocenters. The molecule has 0 radical (unpaired) electrons. The van der Waals surface area contributed by atoms with Gasteiger partial charge >= 0.3 is 5.97 Å². The zero-order valence-corrected chi connectivity index (χ0v) is 9.73. The van der Waals surface area contributed by atoms with E-state index in [0.717, 1.165) is 5.56 Å². The number of hydrogen-bond acceptors (Lipinski definition) is 4. The molecule has 0 aromatic heterocycles. The first-order valence-corrected chi connectivity index (χ1v) is 5.11. The van der Waals surface area contributed by atoms with Gasteiger partial charge in [0.25, 0.3) is 0 Å². The highest BCUT2D eigenvalue weighted by Gasteiger charge is 2.10. The van der Waals surface area contributed by atoms with Crippen molar-refractivity contribution >= 4 is 5.97 Å². The summed E-state index contributed by atoms with van der Waals surface area (Å²) in [5.74, 6) is -0.387. The van der Waals surface area contributed by atoms with Crippen molar-refractivity contribution in [2.75, 3.05) is 7.11 Å². The molecule has 0 bridgehead atoms. The number of hydrogen-bond donors (Lipinski definition) is 2. The van der Waals surface area contributed by atoms with Crippen LogP contribution in [0.5, 0.6) is 5.75 Å². The first-order valence-electron chi connectivity index (χ1n) is 5.11. The predicted octanol–water partition coefficient (Wildman–Crippen LogP) is 1.13. The molecule has 1 aromatic carbocycles. The van der Waals surface area contributed by atoms with Gasteiger partial charge in [-0.3, -0.25) is 4.79 Å². The summed E-state index contributed by atoms with van der Waals surface area (Å²) >= 11 is 0. The Bertz CT molecular complexity index is 452. The number of benzene rings is 1. The predicted molar refractivity (Wildman–Crippen MR) is 61.6 cm³/mol. The number of methoxy groups -OCH3 is 1. The van der Waals surface area contributed by atoms with Crippen LogP contribution < -0.4 is 10.1 Å². The van der Waals surface area contributed by atoms with Crippen molar-refractivity contribution in [2.24, 2.45) is 0 Å². The molecule has 90 valence electrons. The van der Waals surface area contributed by atoms with E-state index in [2.05, 4.69) is 5.32 Å². The van der Waals surface area contributed by atoms with Gasteiger partial charge in [-0.05, 0) is 24.6 Å². The molecule has 0 aliphatic heterocycles. The quantitative estimate of drug-likeness (QED) is 0.798. The molecule has 5 nitrogen and oxygen atoms in total. The van der Waals surface area contributed by atoms with Crippen LogP contribution >= 0.6 is 0 Å². The Morgan fingerprint density at radius 1 is 1.65 bits per heavy atom. The molecule has 0 fully saturated rings. The van der Waals surface area contributed by atoms with Crippen molar-refractivity contribution < 1.29 is 14.6 Å². The second-order valence-electron chi connectivity index (χ2n) is 3.59. The first kappa shape index (κ1) is 13.0. The largest absolute Gasteiger partial charge is 0.495 e. The Morgan fingerprint density at radius 3 is 2.88 bits per heavy atom. The number of carboxylic acids is 1. The molecular formula is C12H14N2O3. The number of carboxylic acid groups (broad SMARTS) is 1. The number of nitrogens with one attached hydrogen (secondary N) is 1. The molecule has 0 aliphatic carbocycles. The molecule has 17 heavy (non-hydrogen) atoms. The van der Waals surface area contributed by atoms with E-state index in [1.54, 1.807) is 25.1 Å². The first-order chi connectivity index (χ1) is 8.08. The highest BCUT2D eigenvalue weighted by Crippen LogP contribution is 2.18. The monoisotopic (exact) mass is 234 g/mol. The maximum absolute atomic E-state index is 10.6. The maximum atomic E-state index is 10.6. The second kappa shape index (κ2) is 5.87. The molecule has 0 aliphatic rings. The van der Waals surface area contributed by atoms with Gasteiger partial charge in [-0.25, -0.2) is 0 Å². The number of nitriles is 1. The Morgan fingerprint density at radius 2 is 2.35 bits per heavy atom. The van der Waals surface area contributed by atoms with Crippen LogP contribution in [0.25, 0.3) is 0 Å². The van der Waals surface area contributed by atoms with E-state index in [-0.39, 0.29) is 0 Å². The molecule has 0 saturated carbocycles. The fourth-order valence-corrected chi connectivity index (χ4v) is 1.31. The Kier molecular flexibility index (Phi) is 4.49. The van der Waals surface area contributed by atoms with Gasteiger partial charge in [0.2, 0.25) is 0 Å². The zero-order valence-electron chi connectivity index (χ0n) is 9.73. The standard InChI is InChI=1S/C12H14N2O3/c1-8(12(15)16)14-7-9-3-4-11(17-2)10(5-9)6-13/h3-5,8,14H,7H2,1-2H3,(H,15,16)/t8-/m0/s1. The van der Waals surface area contributed by atoms with E-state index >= 15 is 0 Å². The molecule has 5 heteroatoms. The summed E-state index contributed by atoms with van der Waals surface area (Å²) in [6.45, 7) is 1.96. The SMILES string of the molecule is COc1ccc(CN[C@@H](C)C(=O)O)cc1C#N. The van der Waals surface area contributed by atoms with Gasteiger partial charge in [0.05, 0.1) is 12.7 Å². The summed E-state index contributed by atoms with van der Waals surface area (Å²) in [7, 11) is 1.50. The third-order valence-corrected chi connectivity index (χ3v) is 2.37. The minimum Gasteiger partial charge on any atom is -0.495 e. The highest BCUT2D eigenvalue weighted by molar-refractivity contribution is 5.72. The number of ether oxygens (including phenoxy) is 1. The second-order valence-corrected chi connectivity index (χ2v) is 3.59. The van der Waals surface area contributed by atoms with E-state index in [1.807, 2.05) is 6.07 Å². The van der Waals surface area contributed by atoms with Crippen molar-refractivity contribution in [1.82, 2.24) is 5.32 Å². The molecule has 0 saturated heterocycles. The number of nitrogens with zero attached hydrogens (tertiary/aromatic N) is 1. The number of rotatable bonds is 5. The van der Waals surface area contributed by atoms with E-state index in [1.165, 1.54) is 7.11 Å². The lowest BCUT2D eigenvalue weighted by molar-refractivity contribution is -0.139. The molecule has 1 aromatic rings. The van der Waals surface area contributed by atoms with Crippen LogP contribution in [0, 0.1) is 11.3 Å². The van der Waals surface area contributed by atoms with Crippen LogP contribution in [-0.2, 0) is 11.3 Å².